The van der Waals surface area contributed by atoms with E-state index < -0.39 is 41.5 Å². The molecule has 10 nitrogen and oxygen atoms in total. The number of phenolic OH excluding ortho intramolecular Hbond substituents is 1. The fourth-order valence-corrected chi connectivity index (χ4v) is 6.42. The number of Topliss-reactive ketones (excluding diaryl/α,β-unsaturated/α-hetero) is 1. The maximum absolute atomic E-state index is 13.5. The zero-order valence-electron chi connectivity index (χ0n) is 21.1. The molecular formula is C28H27NO9. The van der Waals surface area contributed by atoms with E-state index in [-0.39, 0.29) is 71.3 Å². The lowest BCUT2D eigenvalue weighted by molar-refractivity contribution is -0.142. The number of amides is 2. The number of allylic oxidation sites excluding steroid dienone is 6. The normalized spacial score (nSPS) is 26.4. The van der Waals surface area contributed by atoms with Gasteiger partial charge in [-0.15, -0.1) is 0 Å². The molecule has 1 heterocycles. The van der Waals surface area contributed by atoms with Crippen LogP contribution in [0.1, 0.15) is 37.7 Å². The van der Waals surface area contributed by atoms with Gasteiger partial charge in [-0.2, -0.15) is 0 Å². The lowest BCUT2D eigenvalue weighted by Gasteiger charge is -2.42. The SMILES string of the molecule is COc1cc(O)cc(OC)c1[C@H]1C2=CC[C@@H]3C(=O)N(CCC(=O)O)C(=O)[C@@H]3[C@@H]2CC2=C1C(=O)C=C(C)C2=O. The second-order valence-electron chi connectivity index (χ2n) is 9.96. The van der Waals surface area contributed by atoms with Gasteiger partial charge in [0.2, 0.25) is 11.8 Å². The number of ketones is 2. The molecular weight excluding hydrogens is 494 g/mol. The van der Waals surface area contributed by atoms with E-state index in [1.54, 1.807) is 6.92 Å². The number of hydrogen-bond acceptors (Lipinski definition) is 8. The molecule has 1 aromatic carbocycles. The molecule has 1 fully saturated rings. The highest BCUT2D eigenvalue weighted by molar-refractivity contribution is 6.24. The minimum atomic E-state index is -1.12. The molecule has 0 unspecified atom stereocenters. The van der Waals surface area contributed by atoms with E-state index in [1.807, 2.05) is 6.08 Å². The predicted molar refractivity (Wildman–Crippen MR) is 132 cm³/mol. The molecule has 5 rings (SSSR count). The Morgan fingerprint density at radius 3 is 2.32 bits per heavy atom. The Kier molecular flexibility index (Phi) is 6.21. The molecule has 4 atom stereocenters. The van der Waals surface area contributed by atoms with Gasteiger partial charge in [-0.1, -0.05) is 11.6 Å². The summed E-state index contributed by atoms with van der Waals surface area (Å²) in [6.07, 6.45) is 3.12. The topological polar surface area (TPSA) is 148 Å². The van der Waals surface area contributed by atoms with Crippen molar-refractivity contribution in [2.24, 2.45) is 17.8 Å². The lowest BCUT2D eigenvalue weighted by atomic mass is 9.59. The van der Waals surface area contributed by atoms with Crippen LogP contribution in [0.4, 0.5) is 0 Å². The Morgan fingerprint density at radius 2 is 1.71 bits per heavy atom. The van der Waals surface area contributed by atoms with Gasteiger partial charge in [0.15, 0.2) is 11.6 Å². The second kappa shape index (κ2) is 9.27. The first-order valence-electron chi connectivity index (χ1n) is 12.3. The van der Waals surface area contributed by atoms with E-state index in [0.717, 1.165) is 4.90 Å². The highest BCUT2D eigenvalue weighted by atomic mass is 16.5. The predicted octanol–water partition coefficient (Wildman–Crippen LogP) is 2.31. The summed E-state index contributed by atoms with van der Waals surface area (Å²) in [6.45, 7) is 1.34. The number of carboxylic acid groups (broad SMARTS) is 1. The highest BCUT2D eigenvalue weighted by Crippen LogP contribution is 2.57. The molecule has 1 aliphatic heterocycles. The smallest absolute Gasteiger partial charge is 0.305 e. The van der Waals surface area contributed by atoms with E-state index in [1.165, 1.54) is 32.4 Å². The summed E-state index contributed by atoms with van der Waals surface area (Å²) < 4.78 is 11.1. The van der Waals surface area contributed by atoms with Crippen LogP contribution in [0, 0.1) is 17.8 Å². The number of imide groups is 1. The van der Waals surface area contributed by atoms with Crippen molar-refractivity contribution in [3.8, 4) is 17.2 Å². The number of ether oxygens (including phenoxy) is 2. The minimum absolute atomic E-state index is 0.100. The fraction of sp³-hybridized carbons (Fsp3) is 0.393. The molecule has 4 aliphatic rings. The highest BCUT2D eigenvalue weighted by Gasteiger charge is 2.56. The third-order valence-corrected chi connectivity index (χ3v) is 8.02. The second-order valence-corrected chi connectivity index (χ2v) is 9.96. The average Bonchev–Trinajstić information content (AvgIpc) is 3.13. The number of methoxy groups -OCH3 is 2. The molecule has 2 amide bonds. The van der Waals surface area contributed by atoms with Gasteiger partial charge in [0.25, 0.3) is 0 Å². The molecule has 10 heteroatoms. The average molecular weight is 522 g/mol. The monoisotopic (exact) mass is 521 g/mol. The number of nitrogens with zero attached hydrogens (tertiary/aromatic N) is 1. The van der Waals surface area contributed by atoms with Gasteiger partial charge in [0.05, 0.1) is 32.5 Å². The van der Waals surface area contributed by atoms with Crippen LogP contribution in [-0.2, 0) is 24.0 Å². The minimum Gasteiger partial charge on any atom is -0.508 e. The zero-order valence-corrected chi connectivity index (χ0v) is 21.1. The number of carbonyl (C=O) groups excluding carboxylic acids is 4. The maximum Gasteiger partial charge on any atom is 0.305 e. The standard InChI is InChI=1S/C28H27NO9/c1-12-8-18(31)23-17(26(12)34)11-16-14(24(23)25-19(37-2)9-13(30)10-20(25)38-3)4-5-15-22(16)28(36)29(27(15)35)7-6-21(32)33/h4,8-10,15-16,22,24,30H,5-7,11H2,1-3H3,(H,32,33)/t15-,16+,22-,24-/m0/s1. The van der Waals surface area contributed by atoms with Crippen molar-refractivity contribution in [3.05, 3.63) is 52.1 Å². The van der Waals surface area contributed by atoms with E-state index >= 15 is 0 Å². The first-order valence-corrected chi connectivity index (χ1v) is 12.3. The molecule has 0 radical (unpaired) electrons. The van der Waals surface area contributed by atoms with Gasteiger partial charge in [-0.25, -0.2) is 0 Å². The number of fused-ring (bicyclic) bond motifs is 3. The number of carbonyl (C=O) groups is 5. The van der Waals surface area contributed by atoms with Gasteiger partial charge in [0, 0.05) is 46.9 Å². The first kappa shape index (κ1) is 25.4. The van der Waals surface area contributed by atoms with Crippen molar-refractivity contribution in [2.75, 3.05) is 20.8 Å². The molecule has 2 N–H and O–H groups in total. The van der Waals surface area contributed by atoms with Crippen LogP contribution in [0.5, 0.6) is 17.2 Å². The summed E-state index contributed by atoms with van der Waals surface area (Å²) in [4.78, 5) is 65.6. The van der Waals surface area contributed by atoms with Gasteiger partial charge in [-0.3, -0.25) is 28.9 Å². The number of hydrogen-bond donors (Lipinski definition) is 2. The number of carboxylic acids is 1. The molecule has 3 aliphatic carbocycles. The largest absolute Gasteiger partial charge is 0.508 e. The van der Waals surface area contributed by atoms with Crippen LogP contribution in [0.3, 0.4) is 0 Å². The lowest BCUT2D eigenvalue weighted by Crippen LogP contribution is -2.40. The Morgan fingerprint density at radius 1 is 1.05 bits per heavy atom. The van der Waals surface area contributed by atoms with E-state index in [2.05, 4.69) is 0 Å². The van der Waals surface area contributed by atoms with Crippen LogP contribution < -0.4 is 9.47 Å². The van der Waals surface area contributed by atoms with Crippen molar-refractivity contribution in [2.45, 2.75) is 32.1 Å². The number of aromatic hydroxyl groups is 1. The third-order valence-electron chi connectivity index (χ3n) is 8.02. The van der Waals surface area contributed by atoms with E-state index in [9.17, 15) is 29.1 Å². The first-order chi connectivity index (χ1) is 18.1. The summed E-state index contributed by atoms with van der Waals surface area (Å²) in [5, 5.41) is 19.3. The molecule has 1 saturated heterocycles. The Bertz CT molecular complexity index is 1370. The number of phenols is 1. The molecule has 0 saturated carbocycles. The Labute approximate surface area is 218 Å². The summed E-state index contributed by atoms with van der Waals surface area (Å²) in [5.41, 5.74) is 1.97. The molecule has 0 aromatic heterocycles. The molecule has 1 aromatic rings. The van der Waals surface area contributed by atoms with Crippen LogP contribution >= 0.6 is 0 Å². The quantitative estimate of drug-likeness (QED) is 0.327. The van der Waals surface area contributed by atoms with Crippen molar-refractivity contribution < 1.29 is 43.7 Å². The van der Waals surface area contributed by atoms with Crippen LogP contribution in [-0.4, -0.2) is 65.2 Å². The van der Waals surface area contributed by atoms with Gasteiger partial charge in [-0.05, 0) is 31.8 Å². The number of rotatable bonds is 6. The number of benzene rings is 1. The van der Waals surface area contributed by atoms with Crippen molar-refractivity contribution in [1.82, 2.24) is 4.90 Å². The Balaban J connectivity index is 1.70. The van der Waals surface area contributed by atoms with Crippen molar-refractivity contribution in [3.63, 3.8) is 0 Å². The van der Waals surface area contributed by atoms with E-state index in [0.29, 0.717) is 11.1 Å². The Hall–Kier alpha value is -4.21. The summed E-state index contributed by atoms with van der Waals surface area (Å²) in [6, 6.07) is 2.78. The summed E-state index contributed by atoms with van der Waals surface area (Å²) >= 11 is 0. The van der Waals surface area contributed by atoms with Crippen LogP contribution in [0.2, 0.25) is 0 Å². The molecule has 0 spiro atoms. The maximum atomic E-state index is 13.5. The zero-order chi connectivity index (χ0) is 27.5. The van der Waals surface area contributed by atoms with Crippen LogP contribution in [0.15, 0.2) is 46.6 Å². The van der Waals surface area contributed by atoms with E-state index in [4.69, 9.17) is 14.6 Å². The molecule has 198 valence electrons. The van der Waals surface area contributed by atoms with Crippen molar-refractivity contribution >= 4 is 29.4 Å². The van der Waals surface area contributed by atoms with Gasteiger partial charge < -0.3 is 19.7 Å². The molecule has 0 bridgehead atoms. The van der Waals surface area contributed by atoms with Gasteiger partial charge in [0.1, 0.15) is 17.2 Å². The molecule has 38 heavy (non-hydrogen) atoms. The van der Waals surface area contributed by atoms with Gasteiger partial charge >= 0.3 is 5.97 Å². The number of aliphatic carboxylic acids is 1. The summed E-state index contributed by atoms with van der Waals surface area (Å²) in [5.74, 6) is -5.14. The van der Waals surface area contributed by atoms with Crippen molar-refractivity contribution in [1.29, 1.82) is 0 Å². The fourth-order valence-electron chi connectivity index (χ4n) is 6.42. The summed E-state index contributed by atoms with van der Waals surface area (Å²) in [7, 11) is 2.83. The van der Waals surface area contributed by atoms with Crippen LogP contribution in [0.25, 0.3) is 0 Å². The number of likely N-dealkylation sites (tertiary alicyclic amines) is 1. The third kappa shape index (κ3) is 3.74.